The SMILES string of the molecule is CCCCC[N+](CC)(CC)c1ccc(C)cc1.[Cl-]. The van der Waals surface area contributed by atoms with Gasteiger partial charge in [-0.2, -0.15) is 0 Å². The normalized spacial score (nSPS) is 11.1. The van der Waals surface area contributed by atoms with Crippen LogP contribution in [0, 0.1) is 6.92 Å². The molecule has 1 aromatic carbocycles. The summed E-state index contributed by atoms with van der Waals surface area (Å²) in [5.41, 5.74) is 2.84. The number of nitrogens with zero attached hydrogens (tertiary/aromatic N) is 1. The van der Waals surface area contributed by atoms with E-state index in [1.165, 1.54) is 50.1 Å². The van der Waals surface area contributed by atoms with Crippen LogP contribution >= 0.6 is 0 Å². The number of rotatable bonds is 7. The van der Waals surface area contributed by atoms with Crippen LogP contribution in [0.15, 0.2) is 24.3 Å². The number of unbranched alkanes of at least 4 members (excludes halogenated alkanes) is 2. The summed E-state index contributed by atoms with van der Waals surface area (Å²) >= 11 is 0. The van der Waals surface area contributed by atoms with E-state index in [1.54, 1.807) is 0 Å². The maximum absolute atomic E-state index is 2.31. The van der Waals surface area contributed by atoms with Gasteiger partial charge in [-0.25, -0.2) is 0 Å². The molecule has 104 valence electrons. The molecule has 0 bridgehead atoms. The van der Waals surface area contributed by atoms with E-state index in [0.717, 1.165) is 4.48 Å². The van der Waals surface area contributed by atoms with Crippen LogP contribution < -0.4 is 16.9 Å². The van der Waals surface area contributed by atoms with Crippen molar-refractivity contribution in [2.45, 2.75) is 47.0 Å². The maximum Gasteiger partial charge on any atom is 0.132 e. The minimum atomic E-state index is 0. The second kappa shape index (κ2) is 8.55. The van der Waals surface area contributed by atoms with Gasteiger partial charge < -0.3 is 12.4 Å². The Kier molecular flexibility index (Phi) is 8.30. The first-order valence-electron chi connectivity index (χ1n) is 7.11. The standard InChI is InChI=1S/C16H28N.ClH/c1-5-8-9-14-17(6-2,7-3)16-12-10-15(4)11-13-16;/h10-13H,5-9,14H2,1-4H3;1H/q+1;/p-1. The summed E-state index contributed by atoms with van der Waals surface area (Å²) in [6.45, 7) is 12.7. The van der Waals surface area contributed by atoms with Crippen molar-refractivity contribution >= 4 is 5.69 Å². The van der Waals surface area contributed by atoms with Crippen molar-refractivity contribution in [2.75, 3.05) is 19.6 Å². The van der Waals surface area contributed by atoms with Crippen LogP contribution in [0.5, 0.6) is 0 Å². The highest BCUT2D eigenvalue weighted by atomic mass is 35.5. The van der Waals surface area contributed by atoms with Crippen LogP contribution in [0.3, 0.4) is 0 Å². The fourth-order valence-electron chi connectivity index (χ4n) is 2.56. The highest BCUT2D eigenvalue weighted by molar-refractivity contribution is 5.44. The second-order valence-corrected chi connectivity index (χ2v) is 5.04. The molecule has 0 aliphatic heterocycles. The minimum absolute atomic E-state index is 0. The number of halogens is 1. The smallest absolute Gasteiger partial charge is 0.132 e. The summed E-state index contributed by atoms with van der Waals surface area (Å²) in [5.74, 6) is 0. The van der Waals surface area contributed by atoms with Crippen molar-refractivity contribution in [1.82, 2.24) is 4.48 Å². The van der Waals surface area contributed by atoms with E-state index in [-0.39, 0.29) is 12.4 Å². The fourth-order valence-corrected chi connectivity index (χ4v) is 2.56. The third-order valence-corrected chi connectivity index (χ3v) is 3.98. The largest absolute Gasteiger partial charge is 1.00 e. The third kappa shape index (κ3) is 4.29. The van der Waals surface area contributed by atoms with E-state index in [4.69, 9.17) is 0 Å². The quantitative estimate of drug-likeness (QED) is 0.520. The lowest BCUT2D eigenvalue weighted by atomic mass is 10.1. The van der Waals surface area contributed by atoms with Crippen molar-refractivity contribution < 1.29 is 12.4 Å². The topological polar surface area (TPSA) is 0 Å². The molecule has 0 aliphatic carbocycles. The lowest BCUT2D eigenvalue weighted by Crippen LogP contribution is -3.00. The first-order valence-corrected chi connectivity index (χ1v) is 7.11. The highest BCUT2D eigenvalue weighted by Gasteiger charge is 2.25. The van der Waals surface area contributed by atoms with Crippen molar-refractivity contribution in [3.8, 4) is 0 Å². The van der Waals surface area contributed by atoms with Crippen LogP contribution in [0.4, 0.5) is 5.69 Å². The van der Waals surface area contributed by atoms with Crippen molar-refractivity contribution in [3.63, 3.8) is 0 Å². The lowest BCUT2D eigenvalue weighted by molar-refractivity contribution is -0.00000381. The Bertz CT molecular complexity index is 314. The van der Waals surface area contributed by atoms with Crippen LogP contribution in [-0.2, 0) is 0 Å². The predicted molar refractivity (Wildman–Crippen MR) is 78.4 cm³/mol. The molecule has 0 heterocycles. The van der Waals surface area contributed by atoms with E-state index < -0.39 is 0 Å². The monoisotopic (exact) mass is 269 g/mol. The van der Waals surface area contributed by atoms with Crippen molar-refractivity contribution in [3.05, 3.63) is 29.8 Å². The molecular formula is C16H28ClN. The Labute approximate surface area is 119 Å². The lowest BCUT2D eigenvalue weighted by Gasteiger charge is -2.36. The van der Waals surface area contributed by atoms with Gasteiger partial charge in [0.05, 0.1) is 19.6 Å². The van der Waals surface area contributed by atoms with Gasteiger partial charge in [0.25, 0.3) is 0 Å². The summed E-state index contributed by atoms with van der Waals surface area (Å²) in [4.78, 5) is 0. The zero-order chi connectivity index (χ0) is 12.7. The molecule has 2 heteroatoms. The average molecular weight is 270 g/mol. The number of quaternary nitrogens is 1. The van der Waals surface area contributed by atoms with Gasteiger partial charge in [-0.15, -0.1) is 0 Å². The maximum atomic E-state index is 2.31. The van der Waals surface area contributed by atoms with Crippen molar-refractivity contribution in [1.29, 1.82) is 0 Å². The number of hydrogen-bond donors (Lipinski definition) is 0. The molecule has 0 radical (unpaired) electrons. The summed E-state index contributed by atoms with van der Waals surface area (Å²) < 4.78 is 1.14. The molecule has 0 fully saturated rings. The average Bonchev–Trinajstić information content (AvgIpc) is 2.37. The molecule has 0 aliphatic rings. The van der Waals surface area contributed by atoms with Crippen LogP contribution in [0.1, 0.15) is 45.6 Å². The van der Waals surface area contributed by atoms with Gasteiger partial charge in [0.15, 0.2) is 0 Å². The number of hydrogen-bond acceptors (Lipinski definition) is 0. The Hall–Kier alpha value is -0.530. The first kappa shape index (κ1) is 17.5. The Morgan fingerprint density at radius 2 is 1.44 bits per heavy atom. The van der Waals surface area contributed by atoms with E-state index in [9.17, 15) is 0 Å². The fraction of sp³-hybridized carbons (Fsp3) is 0.625. The Morgan fingerprint density at radius 3 is 1.89 bits per heavy atom. The summed E-state index contributed by atoms with van der Waals surface area (Å²) in [7, 11) is 0. The zero-order valence-corrected chi connectivity index (χ0v) is 13.1. The Balaban J connectivity index is 0.00000289. The van der Waals surface area contributed by atoms with Gasteiger partial charge >= 0.3 is 0 Å². The van der Waals surface area contributed by atoms with Gasteiger partial charge in [-0.1, -0.05) is 31.0 Å². The molecular weight excluding hydrogens is 242 g/mol. The molecule has 1 aromatic rings. The summed E-state index contributed by atoms with van der Waals surface area (Å²) in [5, 5.41) is 0. The summed E-state index contributed by atoms with van der Waals surface area (Å²) in [6.07, 6.45) is 4.00. The molecule has 0 amide bonds. The van der Waals surface area contributed by atoms with Gasteiger partial charge in [-0.3, -0.25) is 4.48 Å². The first-order chi connectivity index (χ1) is 8.18. The molecule has 1 nitrogen and oxygen atoms in total. The molecule has 0 aromatic heterocycles. The number of aryl methyl sites for hydroxylation is 1. The van der Waals surface area contributed by atoms with Gasteiger partial charge in [0.1, 0.15) is 5.69 Å². The van der Waals surface area contributed by atoms with Crippen LogP contribution in [0.2, 0.25) is 0 Å². The zero-order valence-electron chi connectivity index (χ0n) is 12.4. The molecule has 0 spiro atoms. The van der Waals surface area contributed by atoms with E-state index >= 15 is 0 Å². The van der Waals surface area contributed by atoms with Gasteiger partial charge in [0, 0.05) is 0 Å². The molecule has 0 unspecified atom stereocenters. The summed E-state index contributed by atoms with van der Waals surface area (Å²) in [6, 6.07) is 9.11. The van der Waals surface area contributed by atoms with Gasteiger partial charge in [0.2, 0.25) is 0 Å². The van der Waals surface area contributed by atoms with Gasteiger partial charge in [-0.05, 0) is 45.7 Å². The van der Waals surface area contributed by atoms with E-state index in [2.05, 4.69) is 52.0 Å². The van der Waals surface area contributed by atoms with Crippen LogP contribution in [0.25, 0.3) is 0 Å². The molecule has 0 saturated carbocycles. The highest BCUT2D eigenvalue weighted by Crippen LogP contribution is 2.24. The molecule has 0 N–H and O–H groups in total. The molecule has 1 rings (SSSR count). The number of benzene rings is 1. The molecule has 0 atom stereocenters. The van der Waals surface area contributed by atoms with Crippen LogP contribution in [-0.4, -0.2) is 19.6 Å². The Morgan fingerprint density at radius 1 is 0.889 bits per heavy atom. The van der Waals surface area contributed by atoms with Crippen molar-refractivity contribution in [2.24, 2.45) is 0 Å². The minimum Gasteiger partial charge on any atom is -1.00 e. The third-order valence-electron chi connectivity index (χ3n) is 3.98. The molecule has 0 saturated heterocycles. The molecule has 18 heavy (non-hydrogen) atoms. The van der Waals surface area contributed by atoms with E-state index in [0.29, 0.717) is 0 Å². The predicted octanol–water partition coefficient (Wildman–Crippen LogP) is 1.54. The second-order valence-electron chi connectivity index (χ2n) is 5.04. The van der Waals surface area contributed by atoms with E-state index in [1.807, 2.05) is 0 Å².